The van der Waals surface area contributed by atoms with Crippen molar-refractivity contribution >= 4 is 28.3 Å². The molecule has 56 valence electrons. The molecule has 0 amide bonds. The number of hydrogen-bond acceptors (Lipinski definition) is 3. The van der Waals surface area contributed by atoms with Crippen molar-refractivity contribution in [2.24, 2.45) is 0 Å². The number of nitrogens with two attached hydrogens (primary N) is 1. The molecule has 0 aliphatic rings. The number of nitrogens with one attached hydrogen (secondary N) is 1. The molecule has 2 rings (SSSR count). The molecular formula is C6H5ClN4. The first-order valence-electron chi connectivity index (χ1n) is 3.02. The number of fused-ring (bicyclic) bond motifs is 1. The predicted molar refractivity (Wildman–Crippen MR) is 43.3 cm³/mol. The van der Waals surface area contributed by atoms with Crippen molar-refractivity contribution in [2.45, 2.75) is 0 Å². The Balaban J connectivity index is 2.87. The maximum Gasteiger partial charge on any atom is 0.223 e. The summed E-state index contributed by atoms with van der Waals surface area (Å²) in [5.74, 6) is 0. The monoisotopic (exact) mass is 168 g/mol. The van der Waals surface area contributed by atoms with Crippen LogP contribution in [0.15, 0.2) is 12.4 Å². The highest BCUT2D eigenvalue weighted by atomic mass is 35.5. The molecule has 4 nitrogen and oxygen atoms in total. The van der Waals surface area contributed by atoms with Gasteiger partial charge in [-0.3, -0.25) is 0 Å². The highest BCUT2D eigenvalue weighted by molar-refractivity contribution is 6.28. The fraction of sp³-hybridized carbons (Fsp3) is 0. The van der Waals surface area contributed by atoms with Crippen LogP contribution in [0.25, 0.3) is 11.0 Å². The molecule has 0 spiro atoms. The second-order valence-electron chi connectivity index (χ2n) is 2.15. The van der Waals surface area contributed by atoms with Gasteiger partial charge in [0.25, 0.3) is 0 Å². The number of aromatic amines is 1. The van der Waals surface area contributed by atoms with Crippen LogP contribution in [0.5, 0.6) is 0 Å². The van der Waals surface area contributed by atoms with Gasteiger partial charge in [0, 0.05) is 6.20 Å². The van der Waals surface area contributed by atoms with Crippen molar-refractivity contribution in [3.05, 3.63) is 17.7 Å². The number of H-pyrrole nitrogens is 1. The third-order valence-electron chi connectivity index (χ3n) is 1.42. The van der Waals surface area contributed by atoms with Crippen LogP contribution in [-0.2, 0) is 0 Å². The number of hydrogen-bond donors (Lipinski definition) is 2. The summed E-state index contributed by atoms with van der Waals surface area (Å²) >= 11 is 5.56. The van der Waals surface area contributed by atoms with E-state index in [0.29, 0.717) is 11.2 Å². The Labute approximate surface area is 67.4 Å². The summed E-state index contributed by atoms with van der Waals surface area (Å²) in [5.41, 5.74) is 7.62. The third-order valence-corrected chi connectivity index (χ3v) is 1.60. The first-order valence-corrected chi connectivity index (χ1v) is 3.40. The van der Waals surface area contributed by atoms with Crippen molar-refractivity contribution in [1.82, 2.24) is 15.0 Å². The third kappa shape index (κ3) is 0.914. The van der Waals surface area contributed by atoms with Gasteiger partial charge >= 0.3 is 0 Å². The minimum Gasteiger partial charge on any atom is -0.396 e. The molecular weight excluding hydrogens is 164 g/mol. The Morgan fingerprint density at radius 3 is 3.18 bits per heavy atom. The molecule has 0 atom stereocenters. The SMILES string of the molecule is Nc1c[nH]c2cnc(Cl)nc12. The van der Waals surface area contributed by atoms with Crippen molar-refractivity contribution < 1.29 is 0 Å². The van der Waals surface area contributed by atoms with Gasteiger partial charge in [-0.1, -0.05) is 0 Å². The fourth-order valence-corrected chi connectivity index (χ4v) is 1.04. The molecule has 11 heavy (non-hydrogen) atoms. The topological polar surface area (TPSA) is 67.6 Å². The largest absolute Gasteiger partial charge is 0.396 e. The molecule has 2 heterocycles. The lowest BCUT2D eigenvalue weighted by Crippen LogP contribution is -1.85. The lowest BCUT2D eigenvalue weighted by atomic mass is 10.4. The smallest absolute Gasteiger partial charge is 0.223 e. The van der Waals surface area contributed by atoms with Gasteiger partial charge in [0.15, 0.2) is 0 Å². The minimum absolute atomic E-state index is 0.212. The average Bonchev–Trinajstić information content (AvgIpc) is 2.33. The molecule has 0 aliphatic heterocycles. The molecule has 0 aliphatic carbocycles. The van der Waals surface area contributed by atoms with E-state index < -0.39 is 0 Å². The molecule has 3 N–H and O–H groups in total. The molecule has 0 unspecified atom stereocenters. The van der Waals surface area contributed by atoms with E-state index in [4.69, 9.17) is 17.3 Å². The Kier molecular flexibility index (Phi) is 1.22. The van der Waals surface area contributed by atoms with Gasteiger partial charge in [0.2, 0.25) is 5.28 Å². The summed E-state index contributed by atoms with van der Waals surface area (Å²) in [7, 11) is 0. The van der Waals surface area contributed by atoms with Crippen molar-refractivity contribution in [3.8, 4) is 0 Å². The van der Waals surface area contributed by atoms with Gasteiger partial charge in [-0.25, -0.2) is 9.97 Å². The van der Waals surface area contributed by atoms with Crippen molar-refractivity contribution in [3.63, 3.8) is 0 Å². The van der Waals surface area contributed by atoms with Crippen LogP contribution in [0.1, 0.15) is 0 Å². The normalized spacial score (nSPS) is 10.6. The average molecular weight is 169 g/mol. The molecule has 5 heteroatoms. The van der Waals surface area contributed by atoms with Crippen LogP contribution in [0, 0.1) is 0 Å². The summed E-state index contributed by atoms with van der Waals surface area (Å²) in [6.45, 7) is 0. The first kappa shape index (κ1) is 6.42. The standard InChI is InChI=1S/C6H5ClN4/c7-6-10-2-4-5(11-6)3(8)1-9-4/h1-2,9H,8H2. The number of halogens is 1. The van der Waals surface area contributed by atoms with E-state index in [9.17, 15) is 0 Å². The van der Waals surface area contributed by atoms with Crippen molar-refractivity contribution in [1.29, 1.82) is 0 Å². The minimum atomic E-state index is 0.212. The molecule has 0 radical (unpaired) electrons. The Hall–Kier alpha value is -1.29. The van der Waals surface area contributed by atoms with E-state index in [-0.39, 0.29) is 5.28 Å². The molecule has 0 bridgehead atoms. The highest BCUT2D eigenvalue weighted by Crippen LogP contribution is 2.17. The summed E-state index contributed by atoms with van der Waals surface area (Å²) in [6, 6.07) is 0. The summed E-state index contributed by atoms with van der Waals surface area (Å²) in [5, 5.41) is 0.212. The summed E-state index contributed by atoms with van der Waals surface area (Å²) in [6.07, 6.45) is 3.26. The van der Waals surface area contributed by atoms with E-state index in [2.05, 4.69) is 15.0 Å². The van der Waals surface area contributed by atoms with Crippen LogP contribution < -0.4 is 5.73 Å². The first-order chi connectivity index (χ1) is 5.27. The molecule has 0 saturated carbocycles. The Bertz CT molecular complexity index is 394. The van der Waals surface area contributed by atoms with Crippen LogP contribution in [0.3, 0.4) is 0 Å². The number of nitrogens with zero attached hydrogens (tertiary/aromatic N) is 2. The van der Waals surface area contributed by atoms with E-state index >= 15 is 0 Å². The van der Waals surface area contributed by atoms with E-state index in [0.717, 1.165) is 5.52 Å². The van der Waals surface area contributed by atoms with Gasteiger partial charge in [-0.05, 0) is 11.6 Å². The lowest BCUT2D eigenvalue weighted by molar-refractivity contribution is 1.22. The van der Waals surface area contributed by atoms with E-state index in [1.54, 1.807) is 12.4 Å². The predicted octanol–water partition coefficient (Wildman–Crippen LogP) is 1.19. The van der Waals surface area contributed by atoms with Crippen LogP contribution >= 0.6 is 11.6 Å². The number of rotatable bonds is 0. The molecule has 0 fully saturated rings. The number of aromatic nitrogens is 3. The van der Waals surface area contributed by atoms with E-state index in [1.165, 1.54) is 0 Å². The molecule has 2 aromatic rings. The Morgan fingerprint density at radius 1 is 1.55 bits per heavy atom. The molecule has 2 aromatic heterocycles. The maximum atomic E-state index is 5.56. The van der Waals surface area contributed by atoms with E-state index in [1.807, 2.05) is 0 Å². The lowest BCUT2D eigenvalue weighted by Gasteiger charge is -1.89. The van der Waals surface area contributed by atoms with Gasteiger partial charge in [0.05, 0.1) is 17.4 Å². The zero-order valence-electron chi connectivity index (χ0n) is 5.50. The van der Waals surface area contributed by atoms with Gasteiger partial charge < -0.3 is 10.7 Å². The zero-order valence-corrected chi connectivity index (χ0v) is 6.26. The maximum absolute atomic E-state index is 5.56. The Morgan fingerprint density at radius 2 is 2.36 bits per heavy atom. The van der Waals surface area contributed by atoms with Gasteiger partial charge in [-0.2, -0.15) is 0 Å². The molecule has 0 aromatic carbocycles. The van der Waals surface area contributed by atoms with Crippen LogP contribution in [-0.4, -0.2) is 15.0 Å². The quantitative estimate of drug-likeness (QED) is 0.581. The van der Waals surface area contributed by atoms with Gasteiger partial charge in [-0.15, -0.1) is 0 Å². The zero-order chi connectivity index (χ0) is 7.84. The van der Waals surface area contributed by atoms with Crippen LogP contribution in [0.2, 0.25) is 5.28 Å². The summed E-state index contributed by atoms with van der Waals surface area (Å²) in [4.78, 5) is 10.6. The summed E-state index contributed by atoms with van der Waals surface area (Å²) < 4.78 is 0. The number of anilines is 1. The van der Waals surface area contributed by atoms with Crippen LogP contribution in [0.4, 0.5) is 5.69 Å². The second-order valence-corrected chi connectivity index (χ2v) is 2.48. The number of nitrogen functional groups attached to an aromatic ring is 1. The highest BCUT2D eigenvalue weighted by Gasteiger charge is 2.01. The fourth-order valence-electron chi connectivity index (χ4n) is 0.910. The second kappa shape index (κ2) is 2.10. The van der Waals surface area contributed by atoms with Crippen molar-refractivity contribution in [2.75, 3.05) is 5.73 Å². The van der Waals surface area contributed by atoms with Gasteiger partial charge in [0.1, 0.15) is 5.52 Å². The molecule has 0 saturated heterocycles.